The van der Waals surface area contributed by atoms with Crippen molar-refractivity contribution in [3.63, 3.8) is 0 Å². The summed E-state index contributed by atoms with van der Waals surface area (Å²) in [5.41, 5.74) is 6.91. The molecule has 3 nitrogen and oxygen atoms in total. The number of pyridine rings is 1. The summed E-state index contributed by atoms with van der Waals surface area (Å²) in [5.74, 6) is 0. The SMILES string of the molecule is CC.CC(=N)c1c(N)ccnc1Cl. The van der Waals surface area contributed by atoms with Crippen LogP contribution in [-0.4, -0.2) is 10.7 Å². The minimum Gasteiger partial charge on any atom is -0.398 e. The second-order valence-corrected chi connectivity index (χ2v) is 2.55. The molecule has 1 aromatic heterocycles. The number of anilines is 1. The Labute approximate surface area is 83.4 Å². The number of hydrogen-bond acceptors (Lipinski definition) is 3. The summed E-state index contributed by atoms with van der Waals surface area (Å²) in [6.45, 7) is 5.62. The molecule has 0 fully saturated rings. The van der Waals surface area contributed by atoms with Gasteiger partial charge in [-0.2, -0.15) is 0 Å². The Bertz CT molecular complexity index is 277. The third kappa shape index (κ3) is 3.03. The van der Waals surface area contributed by atoms with Crippen LogP contribution >= 0.6 is 11.6 Å². The van der Waals surface area contributed by atoms with Crippen LogP contribution < -0.4 is 5.73 Å². The summed E-state index contributed by atoms with van der Waals surface area (Å²) < 4.78 is 0. The van der Waals surface area contributed by atoms with Crippen LogP contribution in [0.15, 0.2) is 12.3 Å². The Morgan fingerprint density at radius 3 is 2.38 bits per heavy atom. The van der Waals surface area contributed by atoms with Crippen molar-refractivity contribution in [2.45, 2.75) is 20.8 Å². The molecule has 0 aliphatic carbocycles. The Morgan fingerprint density at radius 2 is 2.08 bits per heavy atom. The maximum Gasteiger partial charge on any atom is 0.140 e. The molecule has 0 atom stereocenters. The third-order valence-corrected chi connectivity index (χ3v) is 1.60. The van der Waals surface area contributed by atoms with Crippen molar-refractivity contribution < 1.29 is 0 Å². The predicted octanol–water partition coefficient (Wildman–Crippen LogP) is 2.73. The van der Waals surface area contributed by atoms with E-state index in [4.69, 9.17) is 22.7 Å². The average molecular weight is 200 g/mol. The monoisotopic (exact) mass is 199 g/mol. The lowest BCUT2D eigenvalue weighted by Gasteiger charge is -2.03. The Balaban J connectivity index is 0.000000671. The lowest BCUT2D eigenvalue weighted by molar-refractivity contribution is 1.30. The molecule has 3 N–H and O–H groups in total. The first-order chi connectivity index (χ1) is 6.13. The zero-order chi connectivity index (χ0) is 10.4. The minimum absolute atomic E-state index is 0.289. The van der Waals surface area contributed by atoms with Gasteiger partial charge in [0.05, 0.1) is 5.56 Å². The van der Waals surface area contributed by atoms with E-state index in [0.717, 1.165) is 0 Å². The Hall–Kier alpha value is -1.09. The van der Waals surface area contributed by atoms with Crippen molar-refractivity contribution in [3.8, 4) is 0 Å². The van der Waals surface area contributed by atoms with E-state index in [1.54, 1.807) is 13.0 Å². The molecule has 0 amide bonds. The van der Waals surface area contributed by atoms with Crippen molar-refractivity contribution in [1.29, 1.82) is 5.41 Å². The first kappa shape index (κ1) is 11.9. The quantitative estimate of drug-likeness (QED) is 0.540. The van der Waals surface area contributed by atoms with Gasteiger partial charge in [0.1, 0.15) is 5.15 Å². The smallest absolute Gasteiger partial charge is 0.140 e. The maximum absolute atomic E-state index is 7.31. The first-order valence-corrected chi connectivity index (χ1v) is 4.46. The molecule has 0 aliphatic rings. The summed E-state index contributed by atoms with van der Waals surface area (Å²) in [4.78, 5) is 3.81. The third-order valence-electron chi connectivity index (χ3n) is 1.31. The average Bonchev–Trinajstić information content (AvgIpc) is 2.07. The fourth-order valence-electron chi connectivity index (χ4n) is 0.821. The Kier molecular flexibility index (Phi) is 5.07. The first-order valence-electron chi connectivity index (χ1n) is 4.08. The van der Waals surface area contributed by atoms with Crippen molar-refractivity contribution in [3.05, 3.63) is 23.0 Å². The fourth-order valence-corrected chi connectivity index (χ4v) is 1.13. The number of halogens is 1. The number of rotatable bonds is 1. The van der Waals surface area contributed by atoms with Gasteiger partial charge in [-0.25, -0.2) is 4.98 Å². The number of nitrogens with one attached hydrogen (secondary N) is 1. The van der Waals surface area contributed by atoms with Gasteiger partial charge in [0.2, 0.25) is 0 Å². The summed E-state index contributed by atoms with van der Waals surface area (Å²) >= 11 is 5.69. The molecule has 13 heavy (non-hydrogen) atoms. The lowest BCUT2D eigenvalue weighted by Crippen LogP contribution is -2.01. The van der Waals surface area contributed by atoms with Crippen molar-refractivity contribution in [1.82, 2.24) is 4.98 Å². The highest BCUT2D eigenvalue weighted by Crippen LogP contribution is 2.18. The molecular formula is C9H14ClN3. The highest BCUT2D eigenvalue weighted by molar-refractivity contribution is 6.33. The van der Waals surface area contributed by atoms with Crippen LogP contribution in [0.1, 0.15) is 26.3 Å². The molecule has 1 aromatic rings. The molecule has 4 heteroatoms. The molecule has 0 aromatic carbocycles. The highest BCUT2D eigenvalue weighted by Gasteiger charge is 2.06. The summed E-state index contributed by atoms with van der Waals surface area (Å²) in [5, 5.41) is 7.60. The van der Waals surface area contributed by atoms with Crippen molar-refractivity contribution >= 4 is 23.0 Å². The standard InChI is InChI=1S/C7H8ClN3.C2H6/c1-4(9)6-5(10)2-3-11-7(6)8;1-2/h2-3,9H,1H3,(H2,10,11);1-2H3. The summed E-state index contributed by atoms with van der Waals surface area (Å²) in [7, 11) is 0. The van der Waals surface area contributed by atoms with Crippen molar-refractivity contribution in [2.75, 3.05) is 5.73 Å². The molecule has 0 bridgehead atoms. The maximum atomic E-state index is 7.31. The molecule has 0 saturated heterocycles. The van der Waals surface area contributed by atoms with E-state index >= 15 is 0 Å². The Morgan fingerprint density at radius 1 is 1.54 bits per heavy atom. The highest BCUT2D eigenvalue weighted by atomic mass is 35.5. The van der Waals surface area contributed by atoms with E-state index in [1.807, 2.05) is 13.8 Å². The number of hydrogen-bond donors (Lipinski definition) is 2. The molecular weight excluding hydrogens is 186 g/mol. The molecule has 0 aliphatic heterocycles. The van der Waals surface area contributed by atoms with Gasteiger partial charge in [0.15, 0.2) is 0 Å². The fraction of sp³-hybridized carbons (Fsp3) is 0.333. The molecule has 1 rings (SSSR count). The van der Waals surface area contributed by atoms with Gasteiger partial charge in [-0.05, 0) is 13.0 Å². The van der Waals surface area contributed by atoms with Gasteiger partial charge >= 0.3 is 0 Å². The van der Waals surface area contributed by atoms with Gasteiger partial charge in [0.25, 0.3) is 0 Å². The van der Waals surface area contributed by atoms with Crippen LogP contribution in [0.25, 0.3) is 0 Å². The molecule has 0 radical (unpaired) electrons. The summed E-state index contributed by atoms with van der Waals surface area (Å²) in [6.07, 6.45) is 1.52. The normalized spacial score (nSPS) is 8.62. The van der Waals surface area contributed by atoms with Gasteiger partial charge in [-0.1, -0.05) is 25.4 Å². The number of aromatic nitrogens is 1. The van der Waals surface area contributed by atoms with E-state index < -0.39 is 0 Å². The van der Waals surface area contributed by atoms with Gasteiger partial charge < -0.3 is 11.1 Å². The van der Waals surface area contributed by atoms with Crippen LogP contribution in [0.2, 0.25) is 5.15 Å². The minimum atomic E-state index is 0.289. The topological polar surface area (TPSA) is 62.8 Å². The zero-order valence-electron chi connectivity index (χ0n) is 8.06. The van der Waals surface area contributed by atoms with E-state index in [-0.39, 0.29) is 5.15 Å². The lowest BCUT2D eigenvalue weighted by atomic mass is 10.2. The number of nitrogens with two attached hydrogens (primary N) is 1. The van der Waals surface area contributed by atoms with Crippen LogP contribution in [0.3, 0.4) is 0 Å². The largest absolute Gasteiger partial charge is 0.398 e. The molecule has 72 valence electrons. The summed E-state index contributed by atoms with van der Waals surface area (Å²) in [6, 6.07) is 1.62. The van der Waals surface area contributed by atoms with Crippen LogP contribution in [0.4, 0.5) is 5.69 Å². The van der Waals surface area contributed by atoms with E-state index in [0.29, 0.717) is 17.0 Å². The van der Waals surface area contributed by atoms with Crippen LogP contribution in [0, 0.1) is 5.41 Å². The van der Waals surface area contributed by atoms with Crippen LogP contribution in [0.5, 0.6) is 0 Å². The van der Waals surface area contributed by atoms with E-state index in [9.17, 15) is 0 Å². The zero-order valence-corrected chi connectivity index (χ0v) is 8.81. The van der Waals surface area contributed by atoms with Gasteiger partial charge in [-0.15, -0.1) is 0 Å². The predicted molar refractivity (Wildman–Crippen MR) is 57.5 cm³/mol. The second kappa shape index (κ2) is 5.54. The van der Waals surface area contributed by atoms with Gasteiger partial charge in [0, 0.05) is 17.6 Å². The number of nitrogen functional groups attached to an aromatic ring is 1. The van der Waals surface area contributed by atoms with Gasteiger partial charge in [-0.3, -0.25) is 0 Å². The molecule has 0 unspecified atom stereocenters. The van der Waals surface area contributed by atoms with E-state index in [2.05, 4.69) is 4.98 Å². The molecule has 0 spiro atoms. The van der Waals surface area contributed by atoms with E-state index in [1.165, 1.54) is 6.20 Å². The van der Waals surface area contributed by atoms with Crippen LogP contribution in [-0.2, 0) is 0 Å². The molecule has 0 saturated carbocycles. The molecule has 1 heterocycles. The second-order valence-electron chi connectivity index (χ2n) is 2.19. The number of nitrogens with zero attached hydrogens (tertiary/aromatic N) is 1. The van der Waals surface area contributed by atoms with Crippen molar-refractivity contribution in [2.24, 2.45) is 0 Å².